The molecule has 0 aliphatic heterocycles. The fraction of sp³-hybridized carbons (Fsp3) is 0.344. The lowest BCUT2D eigenvalue weighted by molar-refractivity contribution is -0.121. The van der Waals surface area contributed by atoms with Gasteiger partial charge in [-0.1, -0.05) is 48.5 Å². The van der Waals surface area contributed by atoms with Crippen LogP contribution in [0, 0.1) is 0 Å². The van der Waals surface area contributed by atoms with Gasteiger partial charge in [0.15, 0.2) is 11.5 Å². The molecule has 40 heavy (non-hydrogen) atoms. The number of nitrogens with one attached hydrogen (secondary N) is 2. The Labute approximate surface area is 235 Å². The Morgan fingerprint density at radius 3 is 2.35 bits per heavy atom. The number of para-hydroxylation sites is 1. The van der Waals surface area contributed by atoms with Crippen LogP contribution in [0.25, 0.3) is 10.9 Å². The standard InChI is InChI=1S/C32H37N5O3/c1-37(2)31-26-11-7-8-12-27(26)35-32(36-31)34-25-16-14-24(15-17-25)33-30(38)20-23-13-18-28(29(19-23)39-3)40-21-22-9-5-4-6-10-22/h4-13,18-19,24-25H,14-17,20-21H2,1-3H3,(H,33,38)(H,34,35,36)/t24-,25+. The lowest BCUT2D eigenvalue weighted by atomic mass is 9.91. The Morgan fingerprint density at radius 2 is 1.60 bits per heavy atom. The van der Waals surface area contributed by atoms with Gasteiger partial charge in [-0.2, -0.15) is 4.98 Å². The van der Waals surface area contributed by atoms with Gasteiger partial charge in [0.25, 0.3) is 0 Å². The van der Waals surface area contributed by atoms with Gasteiger partial charge in [-0.25, -0.2) is 4.98 Å². The molecular weight excluding hydrogens is 502 g/mol. The van der Waals surface area contributed by atoms with Crippen LogP contribution in [0.15, 0.2) is 72.8 Å². The van der Waals surface area contributed by atoms with Crippen molar-refractivity contribution in [3.63, 3.8) is 0 Å². The zero-order chi connectivity index (χ0) is 27.9. The number of carbonyl (C=O) groups excluding carboxylic acids is 1. The first-order valence-corrected chi connectivity index (χ1v) is 13.8. The van der Waals surface area contributed by atoms with E-state index in [4.69, 9.17) is 19.4 Å². The van der Waals surface area contributed by atoms with Gasteiger partial charge >= 0.3 is 0 Å². The van der Waals surface area contributed by atoms with Crippen LogP contribution < -0.4 is 25.0 Å². The van der Waals surface area contributed by atoms with Crippen molar-refractivity contribution in [3.05, 3.63) is 83.9 Å². The number of hydrogen-bond acceptors (Lipinski definition) is 7. The number of nitrogens with zero attached hydrogens (tertiary/aromatic N) is 3. The molecule has 1 heterocycles. The van der Waals surface area contributed by atoms with Gasteiger partial charge in [0.05, 0.1) is 19.0 Å². The number of amides is 1. The molecular formula is C32H37N5O3. The van der Waals surface area contributed by atoms with Crippen LogP contribution in [-0.2, 0) is 17.8 Å². The van der Waals surface area contributed by atoms with E-state index in [1.165, 1.54) is 0 Å². The van der Waals surface area contributed by atoms with E-state index in [-0.39, 0.29) is 18.0 Å². The SMILES string of the molecule is COc1cc(CC(=O)N[C@H]2CC[C@@H](Nc3nc(N(C)C)c4ccccc4n3)CC2)ccc1OCc1ccccc1. The second-order valence-electron chi connectivity index (χ2n) is 10.5. The third kappa shape index (κ3) is 6.81. The molecule has 0 unspecified atom stereocenters. The maximum Gasteiger partial charge on any atom is 0.225 e. The summed E-state index contributed by atoms with van der Waals surface area (Å²) in [5, 5.41) is 7.79. The van der Waals surface area contributed by atoms with Crippen molar-refractivity contribution >= 4 is 28.6 Å². The average molecular weight is 540 g/mol. The van der Waals surface area contributed by atoms with Crippen molar-refractivity contribution in [2.24, 2.45) is 0 Å². The maximum absolute atomic E-state index is 12.9. The number of carbonyl (C=O) groups is 1. The minimum atomic E-state index is 0.0184. The van der Waals surface area contributed by atoms with E-state index in [9.17, 15) is 4.79 Å². The molecule has 1 aliphatic carbocycles. The number of benzene rings is 3. The first kappa shape index (κ1) is 27.2. The molecule has 5 rings (SSSR count). The van der Waals surface area contributed by atoms with Crippen LogP contribution in [0.1, 0.15) is 36.8 Å². The molecule has 1 aromatic heterocycles. The molecule has 8 nitrogen and oxygen atoms in total. The Hall–Kier alpha value is -4.33. The minimum absolute atomic E-state index is 0.0184. The summed E-state index contributed by atoms with van der Waals surface area (Å²) in [7, 11) is 5.61. The summed E-state index contributed by atoms with van der Waals surface area (Å²) in [5.74, 6) is 2.86. The normalized spacial score (nSPS) is 16.8. The van der Waals surface area contributed by atoms with Gasteiger partial charge in [0, 0.05) is 31.6 Å². The van der Waals surface area contributed by atoms with Crippen LogP contribution in [0.3, 0.4) is 0 Å². The number of hydrogen-bond donors (Lipinski definition) is 2. The highest BCUT2D eigenvalue weighted by molar-refractivity contribution is 5.90. The van der Waals surface area contributed by atoms with Crippen molar-refractivity contribution in [2.75, 3.05) is 31.4 Å². The molecule has 1 aliphatic rings. The van der Waals surface area contributed by atoms with E-state index in [0.717, 1.165) is 53.5 Å². The van der Waals surface area contributed by atoms with Crippen molar-refractivity contribution in [1.82, 2.24) is 15.3 Å². The van der Waals surface area contributed by atoms with Crippen LogP contribution in [0.4, 0.5) is 11.8 Å². The summed E-state index contributed by atoms with van der Waals surface area (Å²) in [6.45, 7) is 0.457. The lowest BCUT2D eigenvalue weighted by Crippen LogP contribution is -2.40. The largest absolute Gasteiger partial charge is 0.493 e. The summed E-state index contributed by atoms with van der Waals surface area (Å²) in [6, 6.07) is 24.2. The van der Waals surface area contributed by atoms with Gasteiger partial charge in [-0.15, -0.1) is 0 Å². The van der Waals surface area contributed by atoms with Gasteiger partial charge in [-0.05, 0) is 61.1 Å². The van der Waals surface area contributed by atoms with Crippen molar-refractivity contribution < 1.29 is 14.3 Å². The smallest absolute Gasteiger partial charge is 0.225 e. The molecule has 0 bridgehead atoms. The fourth-order valence-corrected chi connectivity index (χ4v) is 5.17. The number of ether oxygens (including phenoxy) is 2. The van der Waals surface area contributed by atoms with Crippen molar-refractivity contribution in [3.8, 4) is 11.5 Å². The molecule has 1 amide bonds. The van der Waals surface area contributed by atoms with Crippen LogP contribution in [0.2, 0.25) is 0 Å². The number of fused-ring (bicyclic) bond motifs is 1. The number of methoxy groups -OCH3 is 1. The third-order valence-electron chi connectivity index (χ3n) is 7.26. The molecule has 2 N–H and O–H groups in total. The minimum Gasteiger partial charge on any atom is -0.493 e. The molecule has 3 aromatic carbocycles. The first-order chi connectivity index (χ1) is 19.5. The summed E-state index contributed by atoms with van der Waals surface area (Å²) < 4.78 is 11.5. The summed E-state index contributed by atoms with van der Waals surface area (Å²) in [4.78, 5) is 24.4. The molecule has 0 atom stereocenters. The Kier molecular flexibility index (Phi) is 8.64. The maximum atomic E-state index is 12.9. The Balaban J connectivity index is 1.11. The first-order valence-electron chi connectivity index (χ1n) is 13.8. The summed E-state index contributed by atoms with van der Waals surface area (Å²) in [6.07, 6.45) is 4.01. The molecule has 1 saturated carbocycles. The highest BCUT2D eigenvalue weighted by atomic mass is 16.5. The Morgan fingerprint density at radius 1 is 0.875 bits per heavy atom. The van der Waals surface area contributed by atoms with Crippen molar-refractivity contribution in [1.29, 1.82) is 0 Å². The van der Waals surface area contributed by atoms with Gasteiger partial charge < -0.3 is 25.0 Å². The van der Waals surface area contributed by atoms with E-state index < -0.39 is 0 Å². The van der Waals surface area contributed by atoms with Crippen LogP contribution in [-0.4, -0.2) is 49.2 Å². The Bertz CT molecular complexity index is 1440. The van der Waals surface area contributed by atoms with E-state index >= 15 is 0 Å². The van der Waals surface area contributed by atoms with E-state index in [2.05, 4.69) is 10.6 Å². The number of aromatic nitrogens is 2. The second kappa shape index (κ2) is 12.7. The zero-order valence-electron chi connectivity index (χ0n) is 23.4. The number of anilines is 2. The fourth-order valence-electron chi connectivity index (χ4n) is 5.17. The predicted molar refractivity (Wildman–Crippen MR) is 159 cm³/mol. The zero-order valence-corrected chi connectivity index (χ0v) is 23.4. The molecule has 4 aromatic rings. The monoisotopic (exact) mass is 539 g/mol. The molecule has 0 spiro atoms. The molecule has 8 heteroatoms. The highest BCUT2D eigenvalue weighted by Gasteiger charge is 2.23. The van der Waals surface area contributed by atoms with Gasteiger partial charge in [-0.3, -0.25) is 4.79 Å². The van der Waals surface area contributed by atoms with E-state index in [1.54, 1.807) is 7.11 Å². The molecule has 0 radical (unpaired) electrons. The molecule has 1 fully saturated rings. The van der Waals surface area contributed by atoms with E-state index in [1.807, 2.05) is 91.8 Å². The van der Waals surface area contributed by atoms with Gasteiger partial charge in [0.1, 0.15) is 12.4 Å². The predicted octanol–water partition coefficient (Wildman–Crippen LogP) is 5.37. The quantitative estimate of drug-likeness (QED) is 0.280. The van der Waals surface area contributed by atoms with Crippen LogP contribution in [0.5, 0.6) is 11.5 Å². The number of rotatable bonds is 10. The lowest BCUT2D eigenvalue weighted by Gasteiger charge is -2.30. The summed E-state index contributed by atoms with van der Waals surface area (Å²) >= 11 is 0. The molecule has 0 saturated heterocycles. The topological polar surface area (TPSA) is 88.6 Å². The van der Waals surface area contributed by atoms with Crippen LogP contribution >= 0.6 is 0 Å². The van der Waals surface area contributed by atoms with E-state index in [0.29, 0.717) is 30.5 Å². The van der Waals surface area contributed by atoms with Crippen molar-refractivity contribution in [2.45, 2.75) is 50.8 Å². The molecule has 208 valence electrons. The highest BCUT2D eigenvalue weighted by Crippen LogP contribution is 2.30. The van der Waals surface area contributed by atoms with Gasteiger partial charge in [0.2, 0.25) is 11.9 Å². The third-order valence-corrected chi connectivity index (χ3v) is 7.26. The second-order valence-corrected chi connectivity index (χ2v) is 10.5. The summed E-state index contributed by atoms with van der Waals surface area (Å²) in [5.41, 5.74) is 2.90. The average Bonchev–Trinajstić information content (AvgIpc) is 2.97.